The smallest absolute Gasteiger partial charge is 0.139 e. The molecular weight excluding hydrogens is 238 g/mol. The lowest BCUT2D eigenvalue weighted by Gasteiger charge is -2.08. The molecule has 0 amide bonds. The van der Waals surface area contributed by atoms with Crippen molar-refractivity contribution in [2.45, 2.75) is 0 Å². The second kappa shape index (κ2) is 3.78. The van der Waals surface area contributed by atoms with Crippen molar-refractivity contribution in [1.82, 2.24) is 20.2 Å². The first-order chi connectivity index (χ1) is 8.31. The number of aromatic amines is 2. The summed E-state index contributed by atoms with van der Waals surface area (Å²) >= 11 is 6.05. The third-order valence-corrected chi connectivity index (χ3v) is 3.01. The predicted octanol–water partition coefficient (Wildman–Crippen LogP) is 2.65. The van der Waals surface area contributed by atoms with E-state index in [1.807, 2.05) is 19.3 Å². The Morgan fingerprint density at radius 3 is 2.88 bits per heavy atom. The Balaban J connectivity index is 2.33. The molecule has 3 aromatic rings. The number of hydrogen-bond acceptors (Lipinski definition) is 3. The zero-order valence-electron chi connectivity index (χ0n) is 9.08. The van der Waals surface area contributed by atoms with Crippen LogP contribution < -0.4 is 5.32 Å². The first kappa shape index (κ1) is 10.2. The van der Waals surface area contributed by atoms with Crippen LogP contribution in [0.25, 0.3) is 22.2 Å². The van der Waals surface area contributed by atoms with Gasteiger partial charge in [-0.05, 0) is 6.07 Å². The highest BCUT2D eigenvalue weighted by molar-refractivity contribution is 6.32. The van der Waals surface area contributed by atoms with E-state index < -0.39 is 0 Å². The predicted molar refractivity (Wildman–Crippen MR) is 68.2 cm³/mol. The highest BCUT2D eigenvalue weighted by Gasteiger charge is 2.13. The maximum absolute atomic E-state index is 6.05. The molecule has 5 nitrogen and oxygen atoms in total. The van der Waals surface area contributed by atoms with Crippen LogP contribution in [0.3, 0.4) is 0 Å². The van der Waals surface area contributed by atoms with E-state index in [9.17, 15) is 0 Å². The van der Waals surface area contributed by atoms with Crippen molar-refractivity contribution in [1.29, 1.82) is 0 Å². The minimum absolute atomic E-state index is 0.512. The molecule has 3 rings (SSSR count). The Hall–Kier alpha value is -2.01. The van der Waals surface area contributed by atoms with Crippen LogP contribution in [0.15, 0.2) is 24.7 Å². The number of pyridine rings is 1. The van der Waals surface area contributed by atoms with E-state index in [0.29, 0.717) is 5.15 Å². The number of hydrogen-bond donors (Lipinski definition) is 3. The monoisotopic (exact) mass is 247 g/mol. The van der Waals surface area contributed by atoms with Crippen molar-refractivity contribution in [3.8, 4) is 11.1 Å². The molecule has 3 aromatic heterocycles. The molecule has 6 heteroatoms. The van der Waals surface area contributed by atoms with Gasteiger partial charge in [0.25, 0.3) is 0 Å². The summed E-state index contributed by atoms with van der Waals surface area (Å²) in [5.74, 6) is 0. The van der Waals surface area contributed by atoms with Gasteiger partial charge in [-0.3, -0.25) is 5.10 Å². The molecule has 17 heavy (non-hydrogen) atoms. The summed E-state index contributed by atoms with van der Waals surface area (Å²) in [6.45, 7) is 0. The van der Waals surface area contributed by atoms with Crippen LogP contribution in [0.1, 0.15) is 0 Å². The Bertz CT molecular complexity index is 669. The number of fused-ring (bicyclic) bond motifs is 1. The fourth-order valence-electron chi connectivity index (χ4n) is 1.94. The SMILES string of the molecule is CNc1c(-c2cn[nH]c2Cl)cnc2[nH]ccc12. The van der Waals surface area contributed by atoms with Crippen LogP contribution in [0.4, 0.5) is 5.69 Å². The van der Waals surface area contributed by atoms with Gasteiger partial charge >= 0.3 is 0 Å². The van der Waals surface area contributed by atoms with Crippen molar-refractivity contribution in [2.75, 3.05) is 12.4 Å². The minimum atomic E-state index is 0.512. The van der Waals surface area contributed by atoms with Crippen molar-refractivity contribution < 1.29 is 0 Å². The van der Waals surface area contributed by atoms with Crippen LogP contribution in [0, 0.1) is 0 Å². The highest BCUT2D eigenvalue weighted by atomic mass is 35.5. The van der Waals surface area contributed by atoms with Gasteiger partial charge in [-0.15, -0.1) is 0 Å². The summed E-state index contributed by atoms with van der Waals surface area (Å²) in [6.07, 6.45) is 5.33. The number of halogens is 1. The molecule has 0 aliphatic heterocycles. The Morgan fingerprint density at radius 2 is 2.18 bits per heavy atom. The average Bonchev–Trinajstić information content (AvgIpc) is 2.95. The van der Waals surface area contributed by atoms with Crippen LogP contribution >= 0.6 is 11.6 Å². The van der Waals surface area contributed by atoms with E-state index in [-0.39, 0.29) is 0 Å². The number of nitrogens with zero attached hydrogens (tertiary/aromatic N) is 2. The van der Waals surface area contributed by atoms with Crippen LogP contribution in [-0.2, 0) is 0 Å². The fourth-order valence-corrected chi connectivity index (χ4v) is 2.14. The number of anilines is 1. The molecule has 3 N–H and O–H groups in total. The lowest BCUT2D eigenvalue weighted by molar-refractivity contribution is 1.09. The lowest BCUT2D eigenvalue weighted by atomic mass is 10.1. The third kappa shape index (κ3) is 1.47. The molecule has 3 heterocycles. The Kier molecular flexibility index (Phi) is 2.26. The zero-order valence-corrected chi connectivity index (χ0v) is 9.84. The van der Waals surface area contributed by atoms with Gasteiger partial charge in [-0.1, -0.05) is 11.6 Å². The highest BCUT2D eigenvalue weighted by Crippen LogP contribution is 2.35. The first-order valence-corrected chi connectivity index (χ1v) is 5.52. The molecule has 0 fully saturated rings. The van der Waals surface area contributed by atoms with Gasteiger partial charge in [-0.2, -0.15) is 5.10 Å². The van der Waals surface area contributed by atoms with E-state index in [4.69, 9.17) is 11.6 Å². The summed E-state index contributed by atoms with van der Waals surface area (Å²) in [7, 11) is 1.87. The normalized spacial score (nSPS) is 10.9. The molecule has 0 saturated carbocycles. The maximum Gasteiger partial charge on any atom is 0.139 e. The molecule has 0 aromatic carbocycles. The molecule has 0 spiro atoms. The lowest BCUT2D eigenvalue weighted by Crippen LogP contribution is -1.94. The van der Waals surface area contributed by atoms with Crippen molar-refractivity contribution >= 4 is 28.3 Å². The summed E-state index contributed by atoms with van der Waals surface area (Å²) in [4.78, 5) is 7.42. The summed E-state index contributed by atoms with van der Waals surface area (Å²) < 4.78 is 0. The van der Waals surface area contributed by atoms with Crippen LogP contribution in [0.5, 0.6) is 0 Å². The number of H-pyrrole nitrogens is 2. The molecule has 0 aliphatic rings. The van der Waals surface area contributed by atoms with E-state index in [2.05, 4.69) is 25.5 Å². The van der Waals surface area contributed by atoms with Gasteiger partial charge in [0.1, 0.15) is 10.8 Å². The molecule has 86 valence electrons. The van der Waals surface area contributed by atoms with Crippen molar-refractivity contribution in [2.24, 2.45) is 0 Å². The maximum atomic E-state index is 6.05. The van der Waals surface area contributed by atoms with Crippen molar-refractivity contribution in [3.63, 3.8) is 0 Å². The number of aromatic nitrogens is 4. The van der Waals surface area contributed by atoms with Crippen molar-refractivity contribution in [3.05, 3.63) is 29.8 Å². The first-order valence-electron chi connectivity index (χ1n) is 5.14. The molecule has 0 bridgehead atoms. The van der Waals surface area contributed by atoms with Gasteiger partial charge in [0.15, 0.2) is 0 Å². The summed E-state index contributed by atoms with van der Waals surface area (Å²) in [5.41, 5.74) is 3.60. The van der Waals surface area contributed by atoms with E-state index in [1.165, 1.54) is 0 Å². The molecule has 0 saturated heterocycles. The molecule has 0 atom stereocenters. The van der Waals surface area contributed by atoms with E-state index in [0.717, 1.165) is 27.8 Å². The average molecular weight is 248 g/mol. The largest absolute Gasteiger partial charge is 0.387 e. The molecule has 0 aliphatic carbocycles. The minimum Gasteiger partial charge on any atom is -0.387 e. The third-order valence-electron chi connectivity index (χ3n) is 2.72. The van der Waals surface area contributed by atoms with Gasteiger partial charge in [-0.25, -0.2) is 4.98 Å². The molecule has 0 unspecified atom stereocenters. The summed E-state index contributed by atoms with van der Waals surface area (Å²) in [5, 5.41) is 11.4. The fraction of sp³-hybridized carbons (Fsp3) is 0.0909. The summed E-state index contributed by atoms with van der Waals surface area (Å²) in [6, 6.07) is 1.98. The van der Waals surface area contributed by atoms with E-state index in [1.54, 1.807) is 12.4 Å². The number of nitrogens with one attached hydrogen (secondary N) is 3. The zero-order chi connectivity index (χ0) is 11.8. The van der Waals surface area contributed by atoms with Gasteiger partial charge in [0, 0.05) is 36.0 Å². The molecule has 0 radical (unpaired) electrons. The molecular formula is C11H10ClN5. The second-order valence-electron chi connectivity index (χ2n) is 3.63. The Morgan fingerprint density at radius 1 is 1.29 bits per heavy atom. The standard InChI is InChI=1S/C11H10ClN5/c1-13-9-6-2-3-14-11(6)15-4-7(9)8-5-16-17-10(8)12/h2-5H,1H3,(H,16,17)(H2,13,14,15). The second-order valence-corrected chi connectivity index (χ2v) is 4.01. The van der Waals surface area contributed by atoms with Gasteiger partial charge in [0.2, 0.25) is 0 Å². The van der Waals surface area contributed by atoms with Crippen LogP contribution in [0.2, 0.25) is 5.15 Å². The van der Waals surface area contributed by atoms with Crippen LogP contribution in [-0.4, -0.2) is 27.2 Å². The van der Waals surface area contributed by atoms with Gasteiger partial charge in [0.05, 0.1) is 11.9 Å². The number of rotatable bonds is 2. The topological polar surface area (TPSA) is 69.4 Å². The van der Waals surface area contributed by atoms with E-state index >= 15 is 0 Å². The Labute approximate surface area is 102 Å². The quantitative estimate of drug-likeness (QED) is 0.652. The van der Waals surface area contributed by atoms with Gasteiger partial charge < -0.3 is 10.3 Å².